The van der Waals surface area contributed by atoms with Gasteiger partial charge in [0.2, 0.25) is 5.76 Å². The molecule has 6 heteroatoms. The first-order valence-corrected chi connectivity index (χ1v) is 4.84. The van der Waals surface area contributed by atoms with E-state index in [1.54, 1.807) is 0 Å². The molecule has 1 aromatic heterocycles. The van der Waals surface area contributed by atoms with E-state index < -0.39 is 23.4 Å². The van der Waals surface area contributed by atoms with Crippen molar-refractivity contribution >= 4 is 0 Å². The van der Waals surface area contributed by atoms with E-state index in [0.29, 0.717) is 11.6 Å². The Kier molecular flexibility index (Phi) is 2.94. The van der Waals surface area contributed by atoms with Crippen LogP contribution in [-0.4, -0.2) is 0 Å². The third-order valence-electron chi connectivity index (χ3n) is 2.23. The Bertz CT molecular complexity index is 611. The Labute approximate surface area is 98.5 Å². The topological polar surface area (TPSA) is 30.2 Å². The first-order chi connectivity index (χ1) is 8.36. The van der Waals surface area contributed by atoms with Crippen molar-refractivity contribution < 1.29 is 22.0 Å². The van der Waals surface area contributed by atoms with Gasteiger partial charge in [-0.2, -0.15) is 13.2 Å². The van der Waals surface area contributed by atoms with Crippen LogP contribution < -0.4 is 5.63 Å². The highest BCUT2D eigenvalue weighted by Crippen LogP contribution is 2.31. The van der Waals surface area contributed by atoms with Crippen LogP contribution in [0.4, 0.5) is 17.6 Å². The summed E-state index contributed by atoms with van der Waals surface area (Å²) in [5.41, 5.74) is -0.780. The molecule has 1 aromatic carbocycles. The second-order valence-electron chi connectivity index (χ2n) is 3.53. The molecule has 2 rings (SSSR count). The van der Waals surface area contributed by atoms with E-state index in [4.69, 9.17) is 0 Å². The average Bonchev–Trinajstić information content (AvgIpc) is 2.28. The van der Waals surface area contributed by atoms with Gasteiger partial charge in [-0.05, 0) is 29.3 Å². The largest absolute Gasteiger partial charge is 0.449 e. The molecule has 0 bridgehead atoms. The highest BCUT2D eigenvalue weighted by atomic mass is 19.4. The SMILES string of the molecule is O=c1cc(-c2ccc(F)cc2)cc(C(F)(F)F)o1. The second kappa shape index (κ2) is 4.29. The minimum Gasteiger partial charge on any atom is -0.418 e. The molecule has 0 spiro atoms. The molecule has 0 unspecified atom stereocenters. The van der Waals surface area contributed by atoms with Gasteiger partial charge >= 0.3 is 11.8 Å². The molecule has 0 N–H and O–H groups in total. The summed E-state index contributed by atoms with van der Waals surface area (Å²) in [5, 5.41) is 0. The summed E-state index contributed by atoms with van der Waals surface area (Å²) in [6, 6.07) is 6.38. The maximum atomic E-state index is 12.7. The van der Waals surface area contributed by atoms with Gasteiger partial charge in [0.1, 0.15) is 5.82 Å². The fourth-order valence-electron chi connectivity index (χ4n) is 1.43. The Morgan fingerprint density at radius 1 is 0.944 bits per heavy atom. The number of hydrogen-bond donors (Lipinski definition) is 0. The van der Waals surface area contributed by atoms with Crippen molar-refractivity contribution in [2.75, 3.05) is 0 Å². The number of rotatable bonds is 1. The van der Waals surface area contributed by atoms with Gasteiger partial charge in [0, 0.05) is 6.07 Å². The predicted molar refractivity (Wildman–Crippen MR) is 55.4 cm³/mol. The Morgan fingerprint density at radius 2 is 1.56 bits per heavy atom. The van der Waals surface area contributed by atoms with Crippen molar-refractivity contribution in [2.45, 2.75) is 6.18 Å². The van der Waals surface area contributed by atoms with Crippen LogP contribution in [-0.2, 0) is 6.18 Å². The molecule has 0 saturated heterocycles. The lowest BCUT2D eigenvalue weighted by molar-refractivity contribution is -0.154. The summed E-state index contributed by atoms with van der Waals surface area (Å²) in [4.78, 5) is 11.1. The predicted octanol–water partition coefficient (Wildman–Crippen LogP) is 3.46. The zero-order valence-corrected chi connectivity index (χ0v) is 8.79. The molecule has 0 atom stereocenters. The molecule has 2 aromatic rings. The van der Waals surface area contributed by atoms with Crippen molar-refractivity contribution in [3.63, 3.8) is 0 Å². The third-order valence-corrected chi connectivity index (χ3v) is 2.23. The van der Waals surface area contributed by atoms with Gasteiger partial charge in [0.05, 0.1) is 0 Å². The number of alkyl halides is 3. The van der Waals surface area contributed by atoms with Crippen LogP contribution in [0.5, 0.6) is 0 Å². The number of benzene rings is 1. The van der Waals surface area contributed by atoms with E-state index in [1.807, 2.05) is 0 Å². The Morgan fingerprint density at radius 3 is 2.11 bits per heavy atom. The monoisotopic (exact) mass is 258 g/mol. The van der Waals surface area contributed by atoms with Crippen molar-refractivity contribution in [1.82, 2.24) is 0 Å². The third kappa shape index (κ3) is 2.58. The first kappa shape index (κ1) is 12.3. The minimum atomic E-state index is -4.74. The van der Waals surface area contributed by atoms with Gasteiger partial charge in [0.25, 0.3) is 0 Å². The average molecular weight is 258 g/mol. The molecule has 0 aliphatic carbocycles. The highest BCUT2D eigenvalue weighted by Gasteiger charge is 2.34. The fourth-order valence-corrected chi connectivity index (χ4v) is 1.43. The van der Waals surface area contributed by atoms with Gasteiger partial charge in [-0.3, -0.25) is 0 Å². The van der Waals surface area contributed by atoms with Crippen LogP contribution in [0, 0.1) is 5.82 Å². The molecule has 0 aliphatic rings. The molecule has 18 heavy (non-hydrogen) atoms. The summed E-state index contributed by atoms with van der Waals surface area (Å²) in [5.74, 6) is -1.90. The number of hydrogen-bond acceptors (Lipinski definition) is 2. The van der Waals surface area contributed by atoms with Crippen LogP contribution in [0.15, 0.2) is 45.6 Å². The smallest absolute Gasteiger partial charge is 0.418 e. The van der Waals surface area contributed by atoms with Crippen LogP contribution in [0.2, 0.25) is 0 Å². The lowest BCUT2D eigenvalue weighted by Gasteiger charge is -2.06. The van der Waals surface area contributed by atoms with Crippen LogP contribution >= 0.6 is 0 Å². The zero-order chi connectivity index (χ0) is 13.3. The van der Waals surface area contributed by atoms with Crippen molar-refractivity contribution in [3.8, 4) is 11.1 Å². The molecule has 0 fully saturated rings. The summed E-state index contributed by atoms with van der Waals surface area (Å²) in [6.45, 7) is 0. The first-order valence-electron chi connectivity index (χ1n) is 4.84. The molecular weight excluding hydrogens is 252 g/mol. The van der Waals surface area contributed by atoms with Crippen molar-refractivity contribution in [1.29, 1.82) is 0 Å². The maximum Gasteiger partial charge on any atom is 0.449 e. The van der Waals surface area contributed by atoms with Crippen LogP contribution in [0.25, 0.3) is 11.1 Å². The van der Waals surface area contributed by atoms with Crippen molar-refractivity contribution in [3.05, 3.63) is 58.4 Å². The van der Waals surface area contributed by atoms with Gasteiger partial charge in [-0.15, -0.1) is 0 Å². The van der Waals surface area contributed by atoms with Gasteiger partial charge in [-0.1, -0.05) is 12.1 Å². The molecule has 2 nitrogen and oxygen atoms in total. The molecule has 0 amide bonds. The Hall–Kier alpha value is -2.11. The van der Waals surface area contributed by atoms with Crippen molar-refractivity contribution in [2.24, 2.45) is 0 Å². The lowest BCUT2D eigenvalue weighted by Crippen LogP contribution is -2.10. The molecule has 0 aliphatic heterocycles. The second-order valence-corrected chi connectivity index (χ2v) is 3.53. The van der Waals surface area contributed by atoms with E-state index >= 15 is 0 Å². The van der Waals surface area contributed by atoms with E-state index in [2.05, 4.69) is 4.42 Å². The number of halogens is 4. The summed E-state index contributed by atoms with van der Waals surface area (Å²) in [7, 11) is 0. The standard InChI is InChI=1S/C12H6F4O2/c13-9-3-1-7(2-4-9)8-5-10(12(14,15)16)18-11(17)6-8/h1-6H. The molecular formula is C12H6F4O2. The van der Waals surface area contributed by atoms with Gasteiger partial charge < -0.3 is 4.42 Å². The highest BCUT2D eigenvalue weighted by molar-refractivity contribution is 5.63. The van der Waals surface area contributed by atoms with E-state index in [1.165, 1.54) is 12.1 Å². The van der Waals surface area contributed by atoms with E-state index in [0.717, 1.165) is 18.2 Å². The van der Waals surface area contributed by atoms with Crippen LogP contribution in [0.1, 0.15) is 5.76 Å². The normalized spacial score (nSPS) is 11.6. The zero-order valence-electron chi connectivity index (χ0n) is 8.79. The van der Waals surface area contributed by atoms with E-state index in [-0.39, 0.29) is 5.56 Å². The lowest BCUT2D eigenvalue weighted by atomic mass is 10.1. The summed E-state index contributed by atoms with van der Waals surface area (Å²) in [6.07, 6.45) is -4.74. The van der Waals surface area contributed by atoms with E-state index in [9.17, 15) is 22.4 Å². The minimum absolute atomic E-state index is 0.0265. The van der Waals surface area contributed by atoms with Gasteiger partial charge in [0.15, 0.2) is 0 Å². The molecule has 0 saturated carbocycles. The summed E-state index contributed by atoms with van der Waals surface area (Å²) < 4.78 is 54.1. The fraction of sp³-hybridized carbons (Fsp3) is 0.0833. The Balaban J connectivity index is 2.55. The molecule has 1 heterocycles. The quantitative estimate of drug-likeness (QED) is 0.733. The summed E-state index contributed by atoms with van der Waals surface area (Å²) >= 11 is 0. The molecule has 94 valence electrons. The van der Waals surface area contributed by atoms with Crippen LogP contribution in [0.3, 0.4) is 0 Å². The maximum absolute atomic E-state index is 12.7. The molecule has 0 radical (unpaired) electrons. The van der Waals surface area contributed by atoms with Gasteiger partial charge in [-0.25, -0.2) is 9.18 Å².